The van der Waals surface area contributed by atoms with E-state index in [0.29, 0.717) is 11.4 Å². The number of para-hydroxylation sites is 1. The second-order valence-corrected chi connectivity index (χ2v) is 9.85. The fourth-order valence-corrected chi connectivity index (χ4v) is 3.82. The van der Waals surface area contributed by atoms with Crippen LogP contribution in [0.4, 0.5) is 11.4 Å². The van der Waals surface area contributed by atoms with Crippen LogP contribution >= 0.6 is 47.8 Å². The number of rotatable bonds is 4. The highest BCUT2D eigenvalue weighted by Gasteiger charge is 2.12. The van der Waals surface area contributed by atoms with Crippen molar-refractivity contribution in [2.24, 2.45) is 0 Å². The van der Waals surface area contributed by atoms with Gasteiger partial charge in [-0.05, 0) is 72.8 Å². The van der Waals surface area contributed by atoms with Crippen LogP contribution < -0.4 is 10.6 Å². The zero-order chi connectivity index (χ0) is 25.4. The van der Waals surface area contributed by atoms with Gasteiger partial charge in [-0.2, -0.15) is 0 Å². The Bertz CT molecular complexity index is 1330. The molecule has 0 saturated heterocycles. The van der Waals surface area contributed by atoms with Gasteiger partial charge < -0.3 is 20.8 Å². The Morgan fingerprint density at radius 3 is 1.40 bits per heavy atom. The molecule has 0 aliphatic heterocycles. The Kier molecular flexibility index (Phi) is 9.47. The Hall–Kier alpha value is -3.14. The molecule has 0 fully saturated rings. The smallest absolute Gasteiger partial charge is 0.259 e. The van der Waals surface area contributed by atoms with Crippen molar-refractivity contribution in [3.8, 4) is 11.5 Å². The lowest BCUT2D eigenvalue weighted by Gasteiger charge is -2.07. The lowest BCUT2D eigenvalue weighted by Crippen LogP contribution is -2.11. The van der Waals surface area contributed by atoms with Crippen LogP contribution in [0, 0.1) is 0 Å². The van der Waals surface area contributed by atoms with Crippen molar-refractivity contribution < 1.29 is 19.8 Å². The van der Waals surface area contributed by atoms with Gasteiger partial charge in [-0.1, -0.05) is 66.0 Å². The number of carbonyl (C=O) groups is 2. The minimum Gasteiger partial charge on any atom is -0.507 e. The Morgan fingerprint density at radius 1 is 0.543 bits per heavy atom. The number of anilines is 2. The molecule has 4 aromatic rings. The van der Waals surface area contributed by atoms with Crippen LogP contribution in [0.3, 0.4) is 0 Å². The number of hydrogen-bond donors (Lipinski definition) is 4. The molecule has 0 bridgehead atoms. The largest absolute Gasteiger partial charge is 0.507 e. The highest BCUT2D eigenvalue weighted by molar-refractivity contribution is 9.11. The molecule has 2 amide bonds. The van der Waals surface area contributed by atoms with E-state index in [1.165, 1.54) is 12.1 Å². The zero-order valence-corrected chi connectivity index (χ0v) is 22.8. The van der Waals surface area contributed by atoms with E-state index in [1.54, 1.807) is 48.5 Å². The summed E-state index contributed by atoms with van der Waals surface area (Å²) in [6.45, 7) is 0. The monoisotopic (exact) mass is 660 g/mol. The van der Waals surface area contributed by atoms with E-state index in [4.69, 9.17) is 0 Å². The molecule has 4 N–H and O–H groups in total. The summed E-state index contributed by atoms with van der Waals surface area (Å²) in [5, 5.41) is 24.7. The van der Waals surface area contributed by atoms with Crippen LogP contribution in [0.5, 0.6) is 11.5 Å². The molecule has 0 radical (unpaired) electrons. The van der Waals surface area contributed by atoms with Gasteiger partial charge in [0.2, 0.25) is 0 Å². The van der Waals surface area contributed by atoms with E-state index < -0.39 is 0 Å². The summed E-state index contributed by atoms with van der Waals surface area (Å²) >= 11 is 9.84. The Labute approximate surface area is 227 Å². The lowest BCUT2D eigenvalue weighted by atomic mass is 10.2. The van der Waals surface area contributed by atoms with Gasteiger partial charge in [-0.15, -0.1) is 0 Å². The Balaban J connectivity index is 0.000000196. The van der Waals surface area contributed by atoms with Crippen LogP contribution in [0.25, 0.3) is 0 Å². The average molecular weight is 663 g/mol. The third kappa shape index (κ3) is 7.95. The van der Waals surface area contributed by atoms with Crippen molar-refractivity contribution in [3.63, 3.8) is 0 Å². The molecule has 0 aliphatic carbocycles. The number of hydrogen-bond acceptors (Lipinski definition) is 4. The second-order valence-electron chi connectivity index (χ2n) is 7.10. The van der Waals surface area contributed by atoms with Crippen LogP contribution in [-0.2, 0) is 0 Å². The number of phenolic OH excluding ortho intramolecular Hbond substituents is 2. The van der Waals surface area contributed by atoms with Crippen molar-refractivity contribution in [3.05, 3.63) is 116 Å². The van der Waals surface area contributed by atoms with Gasteiger partial charge in [0, 0.05) is 24.8 Å². The number of nitrogens with one attached hydrogen (secondary N) is 2. The SMILES string of the molecule is O=C(Nc1ccc(Br)cc1)c1cc(Br)ccc1O.O=C(Nc1ccccc1)c1cc(Br)ccc1O. The predicted octanol–water partition coefficient (Wildman–Crippen LogP) is 7.58. The van der Waals surface area contributed by atoms with Crippen LogP contribution in [-0.4, -0.2) is 22.0 Å². The molecule has 9 heteroatoms. The molecule has 0 heterocycles. The van der Waals surface area contributed by atoms with Gasteiger partial charge in [0.15, 0.2) is 0 Å². The van der Waals surface area contributed by atoms with Crippen molar-refractivity contribution in [1.82, 2.24) is 0 Å². The first kappa shape index (κ1) is 26.5. The minimum atomic E-state index is -0.351. The number of carbonyl (C=O) groups excluding carboxylic acids is 2. The van der Waals surface area contributed by atoms with Crippen molar-refractivity contribution in [2.75, 3.05) is 10.6 Å². The highest BCUT2D eigenvalue weighted by Crippen LogP contribution is 2.24. The van der Waals surface area contributed by atoms with E-state index in [-0.39, 0.29) is 34.4 Å². The van der Waals surface area contributed by atoms with Gasteiger partial charge in [0.05, 0.1) is 11.1 Å². The summed E-state index contributed by atoms with van der Waals surface area (Å²) in [4.78, 5) is 23.9. The van der Waals surface area contributed by atoms with Crippen molar-refractivity contribution in [2.45, 2.75) is 0 Å². The summed E-state index contributed by atoms with van der Waals surface area (Å²) < 4.78 is 2.42. The normalized spacial score (nSPS) is 10.0. The van der Waals surface area contributed by atoms with Gasteiger partial charge in [-0.3, -0.25) is 9.59 Å². The molecule has 0 atom stereocenters. The van der Waals surface area contributed by atoms with Crippen LogP contribution in [0.2, 0.25) is 0 Å². The first-order valence-electron chi connectivity index (χ1n) is 10.1. The molecule has 4 aromatic carbocycles. The van der Waals surface area contributed by atoms with Crippen molar-refractivity contribution >= 4 is 71.0 Å². The molecule has 0 spiro atoms. The van der Waals surface area contributed by atoms with Crippen LogP contribution in [0.1, 0.15) is 20.7 Å². The fraction of sp³-hybridized carbons (Fsp3) is 0. The maximum absolute atomic E-state index is 12.0. The maximum Gasteiger partial charge on any atom is 0.259 e. The summed E-state index contributed by atoms with van der Waals surface area (Å²) in [5.41, 5.74) is 1.83. The summed E-state index contributed by atoms with van der Waals surface area (Å²) in [7, 11) is 0. The van der Waals surface area contributed by atoms with E-state index in [2.05, 4.69) is 58.4 Å². The molecule has 35 heavy (non-hydrogen) atoms. The molecule has 0 unspecified atom stereocenters. The highest BCUT2D eigenvalue weighted by atomic mass is 79.9. The van der Waals surface area contributed by atoms with Gasteiger partial charge in [0.25, 0.3) is 11.8 Å². The zero-order valence-electron chi connectivity index (χ0n) is 18.0. The molecule has 4 rings (SSSR count). The fourth-order valence-electron chi connectivity index (χ4n) is 2.83. The molecular formula is C26H19Br3N2O4. The molecule has 0 aromatic heterocycles. The Morgan fingerprint density at radius 2 is 0.943 bits per heavy atom. The van der Waals surface area contributed by atoms with E-state index in [9.17, 15) is 19.8 Å². The number of amides is 2. The van der Waals surface area contributed by atoms with E-state index in [1.807, 2.05) is 30.3 Å². The number of halogens is 3. The van der Waals surface area contributed by atoms with E-state index in [0.717, 1.165) is 13.4 Å². The predicted molar refractivity (Wildman–Crippen MR) is 148 cm³/mol. The van der Waals surface area contributed by atoms with Gasteiger partial charge >= 0.3 is 0 Å². The molecule has 0 saturated carbocycles. The lowest BCUT2D eigenvalue weighted by molar-refractivity contribution is 0.101. The van der Waals surface area contributed by atoms with Crippen molar-refractivity contribution in [1.29, 1.82) is 0 Å². The standard InChI is InChI=1S/C13H9Br2NO2.C13H10BrNO2/c14-8-1-4-10(5-2-8)16-13(18)11-7-9(15)3-6-12(11)17;14-9-6-7-12(16)11(8-9)13(17)15-10-4-2-1-3-5-10/h1-7,17H,(H,16,18);1-8,16H,(H,15,17). The second kappa shape index (κ2) is 12.5. The number of aromatic hydroxyl groups is 2. The van der Waals surface area contributed by atoms with Crippen LogP contribution in [0.15, 0.2) is 104 Å². The summed E-state index contributed by atoms with van der Waals surface area (Å²) in [6.07, 6.45) is 0. The molecule has 178 valence electrons. The average Bonchev–Trinajstić information content (AvgIpc) is 2.84. The van der Waals surface area contributed by atoms with Gasteiger partial charge in [-0.25, -0.2) is 0 Å². The third-order valence-electron chi connectivity index (χ3n) is 4.54. The summed E-state index contributed by atoms with van der Waals surface area (Å²) in [6, 6.07) is 25.8. The third-order valence-corrected chi connectivity index (χ3v) is 6.06. The maximum atomic E-state index is 12.0. The quantitative estimate of drug-likeness (QED) is 0.181. The molecule has 0 aliphatic rings. The first-order chi connectivity index (χ1) is 16.7. The first-order valence-corrected chi connectivity index (χ1v) is 12.5. The minimum absolute atomic E-state index is 0.0402. The van der Waals surface area contributed by atoms with Gasteiger partial charge in [0.1, 0.15) is 11.5 Å². The topological polar surface area (TPSA) is 98.7 Å². The number of phenols is 2. The van der Waals surface area contributed by atoms with E-state index >= 15 is 0 Å². The summed E-state index contributed by atoms with van der Waals surface area (Å²) in [5.74, 6) is -0.777. The molecular weight excluding hydrogens is 644 g/mol. The number of benzene rings is 4. The molecule has 6 nitrogen and oxygen atoms in total.